The summed E-state index contributed by atoms with van der Waals surface area (Å²) in [5.74, 6) is -0.212. The topological polar surface area (TPSA) is 84.3 Å². The minimum atomic E-state index is -3.35. The Labute approximate surface area is 205 Å². The normalized spacial score (nSPS) is 13.3. The average molecular weight is 487 g/mol. The van der Waals surface area contributed by atoms with E-state index in [9.17, 15) is 13.2 Å². The fourth-order valence-corrected chi connectivity index (χ4v) is 5.41. The molecule has 4 aromatic rings. The number of fused-ring (bicyclic) bond motifs is 1. The van der Waals surface area contributed by atoms with Crippen LogP contribution in [-0.4, -0.2) is 36.9 Å². The molecular formula is C27H26N4O3S. The van der Waals surface area contributed by atoms with Gasteiger partial charge in [-0.1, -0.05) is 48.5 Å². The van der Waals surface area contributed by atoms with Crippen molar-refractivity contribution in [2.45, 2.75) is 19.4 Å². The second-order valence-electron chi connectivity index (χ2n) is 8.61. The maximum atomic E-state index is 13.0. The number of aryl methyl sites for hydroxylation is 1. The number of nitrogens with one attached hydrogen (secondary N) is 1. The highest BCUT2D eigenvalue weighted by Crippen LogP contribution is 2.30. The molecule has 1 aromatic heterocycles. The first kappa shape index (κ1) is 22.9. The van der Waals surface area contributed by atoms with Gasteiger partial charge in [-0.25, -0.2) is 13.1 Å². The number of amides is 1. The molecule has 0 radical (unpaired) electrons. The Morgan fingerprint density at radius 3 is 2.43 bits per heavy atom. The van der Waals surface area contributed by atoms with Crippen LogP contribution in [-0.2, 0) is 23.0 Å². The van der Waals surface area contributed by atoms with Crippen LogP contribution in [0.1, 0.15) is 27.9 Å². The molecule has 0 atom stereocenters. The first-order valence-electron chi connectivity index (χ1n) is 11.5. The number of sulfonamides is 1. The van der Waals surface area contributed by atoms with Crippen LogP contribution in [0.25, 0.3) is 16.9 Å². The Morgan fingerprint density at radius 2 is 1.71 bits per heavy atom. The number of nitrogens with zero attached hydrogens (tertiary/aromatic N) is 3. The van der Waals surface area contributed by atoms with E-state index in [4.69, 9.17) is 5.10 Å². The van der Waals surface area contributed by atoms with Gasteiger partial charge in [0.2, 0.25) is 10.0 Å². The molecule has 0 saturated heterocycles. The lowest BCUT2D eigenvalue weighted by molar-refractivity contribution is 0.0951. The third-order valence-corrected chi connectivity index (χ3v) is 7.30. The molecule has 7 nitrogen and oxygen atoms in total. The highest BCUT2D eigenvalue weighted by atomic mass is 32.2. The molecule has 0 spiro atoms. The summed E-state index contributed by atoms with van der Waals surface area (Å²) in [4.78, 5) is 13.0. The van der Waals surface area contributed by atoms with Crippen LogP contribution in [0.3, 0.4) is 0 Å². The van der Waals surface area contributed by atoms with E-state index in [1.807, 2.05) is 71.5 Å². The van der Waals surface area contributed by atoms with Crippen molar-refractivity contribution >= 4 is 21.6 Å². The Hall–Kier alpha value is -3.91. The molecule has 0 unspecified atom stereocenters. The monoisotopic (exact) mass is 486 g/mol. The van der Waals surface area contributed by atoms with Crippen molar-refractivity contribution in [3.63, 3.8) is 0 Å². The zero-order chi connectivity index (χ0) is 24.4. The van der Waals surface area contributed by atoms with Crippen molar-refractivity contribution in [3.8, 4) is 16.9 Å². The minimum Gasteiger partial charge on any atom is -0.348 e. The van der Waals surface area contributed by atoms with Gasteiger partial charge in [-0.15, -0.1) is 0 Å². The molecule has 5 rings (SSSR count). The minimum absolute atomic E-state index is 0.212. The van der Waals surface area contributed by atoms with Crippen LogP contribution in [0.5, 0.6) is 0 Å². The van der Waals surface area contributed by atoms with E-state index in [2.05, 4.69) is 5.32 Å². The fourth-order valence-electron chi connectivity index (χ4n) is 4.42. The second-order valence-corrected chi connectivity index (χ2v) is 10.5. The van der Waals surface area contributed by atoms with Gasteiger partial charge >= 0.3 is 0 Å². The number of anilines is 1. The summed E-state index contributed by atoms with van der Waals surface area (Å²) < 4.78 is 27.5. The van der Waals surface area contributed by atoms with E-state index in [1.165, 1.54) is 10.6 Å². The van der Waals surface area contributed by atoms with Gasteiger partial charge < -0.3 is 5.32 Å². The molecule has 1 N–H and O–H groups in total. The van der Waals surface area contributed by atoms with Gasteiger partial charge in [-0.2, -0.15) is 5.10 Å². The molecule has 1 aliphatic heterocycles. The van der Waals surface area contributed by atoms with Gasteiger partial charge in [0.15, 0.2) is 0 Å². The summed E-state index contributed by atoms with van der Waals surface area (Å²) in [6, 6.07) is 24.9. The van der Waals surface area contributed by atoms with Crippen LogP contribution >= 0.6 is 0 Å². The number of hydrogen-bond acceptors (Lipinski definition) is 4. The number of rotatable bonds is 6. The molecule has 0 fully saturated rings. The van der Waals surface area contributed by atoms with Gasteiger partial charge in [0.05, 0.1) is 23.3 Å². The largest absolute Gasteiger partial charge is 0.348 e. The number of hydrogen-bond donors (Lipinski definition) is 1. The van der Waals surface area contributed by atoms with Gasteiger partial charge in [-0.05, 0) is 48.7 Å². The smallest absolute Gasteiger partial charge is 0.251 e. The van der Waals surface area contributed by atoms with Crippen LogP contribution in [0.4, 0.5) is 5.69 Å². The standard InChI is InChI=1S/C27H26N4O3S/c1-35(33,34)31-16-8-11-21-17-22(14-15-25(21)31)27(32)28-18-23-19-30(24-12-6-3-7-13-24)29-26(23)20-9-4-2-5-10-20/h2-7,9-10,12-15,17,19H,8,11,16,18H2,1H3,(H,28,32). The van der Waals surface area contributed by atoms with Crippen molar-refractivity contribution in [2.75, 3.05) is 17.1 Å². The quantitative estimate of drug-likeness (QED) is 0.443. The summed E-state index contributed by atoms with van der Waals surface area (Å²) in [6.45, 7) is 0.771. The first-order chi connectivity index (χ1) is 16.9. The van der Waals surface area contributed by atoms with E-state index < -0.39 is 10.0 Å². The number of aromatic nitrogens is 2. The Morgan fingerprint density at radius 1 is 1.00 bits per heavy atom. The summed E-state index contributed by atoms with van der Waals surface area (Å²) in [6.07, 6.45) is 4.62. The van der Waals surface area contributed by atoms with E-state index in [0.717, 1.165) is 40.9 Å². The number of carbonyl (C=O) groups is 1. The predicted molar refractivity (Wildman–Crippen MR) is 137 cm³/mol. The van der Waals surface area contributed by atoms with Crippen LogP contribution in [0.2, 0.25) is 0 Å². The highest BCUT2D eigenvalue weighted by molar-refractivity contribution is 7.92. The first-order valence-corrected chi connectivity index (χ1v) is 13.3. The predicted octanol–water partition coefficient (Wildman–Crippen LogP) is 4.18. The Kier molecular flexibility index (Phi) is 6.13. The zero-order valence-electron chi connectivity index (χ0n) is 19.4. The average Bonchev–Trinajstić information content (AvgIpc) is 3.31. The SMILES string of the molecule is CS(=O)(=O)N1CCCc2cc(C(=O)NCc3cn(-c4ccccc4)nc3-c3ccccc3)ccc21. The summed E-state index contributed by atoms with van der Waals surface area (Å²) in [5.41, 5.74) is 5.66. The van der Waals surface area contributed by atoms with Crippen molar-refractivity contribution in [2.24, 2.45) is 0 Å². The molecule has 1 aliphatic rings. The molecule has 3 aromatic carbocycles. The summed E-state index contributed by atoms with van der Waals surface area (Å²) in [7, 11) is -3.35. The molecule has 178 valence electrons. The summed E-state index contributed by atoms with van der Waals surface area (Å²) in [5, 5.41) is 7.81. The van der Waals surface area contributed by atoms with E-state index in [-0.39, 0.29) is 5.91 Å². The molecule has 0 aliphatic carbocycles. The molecule has 1 amide bonds. The van der Waals surface area contributed by atoms with Crippen molar-refractivity contribution in [3.05, 3.63) is 102 Å². The van der Waals surface area contributed by atoms with Gasteiger partial charge in [-0.3, -0.25) is 9.10 Å². The lowest BCUT2D eigenvalue weighted by Crippen LogP contribution is -2.34. The number of benzene rings is 3. The fraction of sp³-hybridized carbons (Fsp3) is 0.185. The Balaban J connectivity index is 1.40. The van der Waals surface area contributed by atoms with Crippen molar-refractivity contribution in [1.82, 2.24) is 15.1 Å². The number of carbonyl (C=O) groups excluding carboxylic acids is 1. The van der Waals surface area contributed by atoms with Crippen LogP contribution in [0.15, 0.2) is 85.1 Å². The molecule has 8 heteroatoms. The maximum absolute atomic E-state index is 13.0. The lowest BCUT2D eigenvalue weighted by Gasteiger charge is -2.29. The molecule has 2 heterocycles. The van der Waals surface area contributed by atoms with Crippen molar-refractivity contribution in [1.29, 1.82) is 0 Å². The van der Waals surface area contributed by atoms with E-state index in [0.29, 0.717) is 24.3 Å². The molecule has 0 bridgehead atoms. The third kappa shape index (κ3) is 4.83. The van der Waals surface area contributed by atoms with E-state index in [1.54, 1.807) is 18.2 Å². The maximum Gasteiger partial charge on any atom is 0.251 e. The van der Waals surface area contributed by atoms with E-state index >= 15 is 0 Å². The highest BCUT2D eigenvalue weighted by Gasteiger charge is 2.25. The van der Waals surface area contributed by atoms with Crippen molar-refractivity contribution < 1.29 is 13.2 Å². The van der Waals surface area contributed by atoms with Crippen LogP contribution < -0.4 is 9.62 Å². The number of para-hydroxylation sites is 1. The van der Waals surface area contributed by atoms with Gasteiger partial charge in [0.25, 0.3) is 5.91 Å². The molecule has 35 heavy (non-hydrogen) atoms. The van der Waals surface area contributed by atoms with Gasteiger partial charge in [0.1, 0.15) is 0 Å². The molecular weight excluding hydrogens is 460 g/mol. The molecule has 0 saturated carbocycles. The zero-order valence-corrected chi connectivity index (χ0v) is 20.2. The second kappa shape index (κ2) is 9.38. The summed E-state index contributed by atoms with van der Waals surface area (Å²) >= 11 is 0. The lowest BCUT2D eigenvalue weighted by atomic mass is 10.0. The Bertz CT molecular complexity index is 1470. The van der Waals surface area contributed by atoms with Gasteiger partial charge in [0, 0.05) is 36.0 Å². The third-order valence-electron chi connectivity index (χ3n) is 6.12. The van der Waals surface area contributed by atoms with Crippen LogP contribution in [0, 0.1) is 0 Å².